The fourth-order valence-electron chi connectivity index (χ4n) is 2.13. The Bertz CT molecular complexity index is 386. The van der Waals surface area contributed by atoms with Crippen LogP contribution in [0.25, 0.3) is 0 Å². The van der Waals surface area contributed by atoms with E-state index >= 15 is 0 Å². The second-order valence-electron chi connectivity index (χ2n) is 4.59. The Balaban J connectivity index is 1.98. The van der Waals surface area contributed by atoms with Gasteiger partial charge in [-0.25, -0.2) is 0 Å². The minimum Gasteiger partial charge on any atom is -0.393 e. The van der Waals surface area contributed by atoms with Crippen molar-refractivity contribution in [3.05, 3.63) is 17.0 Å². The van der Waals surface area contributed by atoms with Crippen LogP contribution in [-0.4, -0.2) is 40.3 Å². The molecule has 2 heterocycles. The molecule has 5 heteroatoms. The lowest BCUT2D eigenvalue weighted by Crippen LogP contribution is -2.40. The van der Waals surface area contributed by atoms with E-state index in [0.29, 0.717) is 38.1 Å². The number of piperidine rings is 1. The Morgan fingerprint density at radius 3 is 2.65 bits per heavy atom. The van der Waals surface area contributed by atoms with Gasteiger partial charge >= 0.3 is 0 Å². The number of aromatic nitrogens is 1. The number of likely N-dealkylation sites (tertiary alicyclic amines) is 1. The van der Waals surface area contributed by atoms with E-state index in [9.17, 15) is 9.90 Å². The van der Waals surface area contributed by atoms with Gasteiger partial charge in [0.05, 0.1) is 18.2 Å². The van der Waals surface area contributed by atoms with Crippen LogP contribution < -0.4 is 0 Å². The highest BCUT2D eigenvalue weighted by molar-refractivity contribution is 5.79. The molecule has 1 saturated heterocycles. The average molecular weight is 238 g/mol. The lowest BCUT2D eigenvalue weighted by Gasteiger charge is -2.29. The summed E-state index contributed by atoms with van der Waals surface area (Å²) in [5.74, 6) is 0.805. The highest BCUT2D eigenvalue weighted by Crippen LogP contribution is 2.16. The van der Waals surface area contributed by atoms with Gasteiger partial charge in [0.15, 0.2) is 0 Å². The molecule has 1 aromatic heterocycles. The Morgan fingerprint density at radius 1 is 1.47 bits per heavy atom. The van der Waals surface area contributed by atoms with Gasteiger partial charge in [-0.1, -0.05) is 5.16 Å². The molecule has 0 aliphatic carbocycles. The van der Waals surface area contributed by atoms with Crippen molar-refractivity contribution in [2.45, 2.75) is 39.2 Å². The van der Waals surface area contributed by atoms with E-state index < -0.39 is 0 Å². The number of aliphatic hydroxyl groups is 1. The first kappa shape index (κ1) is 12.1. The Kier molecular flexibility index (Phi) is 3.47. The van der Waals surface area contributed by atoms with Gasteiger partial charge in [0.2, 0.25) is 5.91 Å². The van der Waals surface area contributed by atoms with Crippen LogP contribution in [0.2, 0.25) is 0 Å². The standard InChI is InChI=1S/C12H18N2O3/c1-8-11(9(2)17-13-8)7-12(16)14-5-3-10(15)4-6-14/h10,15H,3-7H2,1-2H3. The van der Waals surface area contributed by atoms with E-state index in [1.165, 1.54) is 0 Å². The Hall–Kier alpha value is -1.36. The van der Waals surface area contributed by atoms with Gasteiger partial charge in [0.1, 0.15) is 5.76 Å². The van der Waals surface area contributed by atoms with Crippen LogP contribution in [0.3, 0.4) is 0 Å². The van der Waals surface area contributed by atoms with E-state index in [4.69, 9.17) is 4.52 Å². The lowest BCUT2D eigenvalue weighted by molar-refractivity contribution is -0.132. The molecule has 5 nitrogen and oxygen atoms in total. The normalized spacial score (nSPS) is 17.5. The highest BCUT2D eigenvalue weighted by atomic mass is 16.5. The minimum absolute atomic E-state index is 0.0892. The van der Waals surface area contributed by atoms with Gasteiger partial charge in [-0.15, -0.1) is 0 Å². The molecule has 0 bridgehead atoms. The van der Waals surface area contributed by atoms with Gasteiger partial charge < -0.3 is 14.5 Å². The SMILES string of the molecule is Cc1noc(C)c1CC(=O)N1CCC(O)CC1. The topological polar surface area (TPSA) is 66.6 Å². The number of carbonyl (C=O) groups is 1. The zero-order valence-electron chi connectivity index (χ0n) is 10.3. The minimum atomic E-state index is -0.252. The van der Waals surface area contributed by atoms with Crippen LogP contribution in [0, 0.1) is 13.8 Å². The summed E-state index contributed by atoms with van der Waals surface area (Å²) in [5, 5.41) is 13.2. The third-order valence-electron chi connectivity index (χ3n) is 3.33. The molecule has 0 radical (unpaired) electrons. The van der Waals surface area contributed by atoms with Crippen molar-refractivity contribution in [1.82, 2.24) is 10.1 Å². The molecule has 2 rings (SSSR count). The van der Waals surface area contributed by atoms with Crippen LogP contribution in [0.4, 0.5) is 0 Å². The number of hydrogen-bond acceptors (Lipinski definition) is 4. The van der Waals surface area contributed by atoms with Crippen LogP contribution in [-0.2, 0) is 11.2 Å². The largest absolute Gasteiger partial charge is 0.393 e. The van der Waals surface area contributed by atoms with Crippen molar-refractivity contribution < 1.29 is 14.4 Å². The van der Waals surface area contributed by atoms with Crippen molar-refractivity contribution in [1.29, 1.82) is 0 Å². The molecule has 0 unspecified atom stereocenters. The van der Waals surface area contributed by atoms with Crippen molar-refractivity contribution in [3.63, 3.8) is 0 Å². The van der Waals surface area contributed by atoms with Crippen molar-refractivity contribution in [2.24, 2.45) is 0 Å². The number of rotatable bonds is 2. The summed E-state index contributed by atoms with van der Waals surface area (Å²) < 4.78 is 5.04. The second kappa shape index (κ2) is 4.87. The number of hydrogen-bond donors (Lipinski definition) is 1. The highest BCUT2D eigenvalue weighted by Gasteiger charge is 2.23. The van der Waals surface area contributed by atoms with E-state index in [1.807, 2.05) is 13.8 Å². The fourth-order valence-corrected chi connectivity index (χ4v) is 2.13. The van der Waals surface area contributed by atoms with Crippen molar-refractivity contribution >= 4 is 5.91 Å². The summed E-state index contributed by atoms with van der Waals surface area (Å²) in [6, 6.07) is 0. The van der Waals surface area contributed by atoms with Gasteiger partial charge in [0.25, 0.3) is 0 Å². The van der Waals surface area contributed by atoms with E-state index in [-0.39, 0.29) is 12.0 Å². The monoisotopic (exact) mass is 238 g/mol. The maximum absolute atomic E-state index is 12.1. The number of nitrogens with zero attached hydrogens (tertiary/aromatic N) is 2. The smallest absolute Gasteiger partial charge is 0.227 e. The van der Waals surface area contributed by atoms with Crippen molar-refractivity contribution in [2.75, 3.05) is 13.1 Å². The van der Waals surface area contributed by atoms with Crippen LogP contribution >= 0.6 is 0 Å². The number of amides is 1. The first-order valence-electron chi connectivity index (χ1n) is 5.95. The molecular weight excluding hydrogens is 220 g/mol. The third kappa shape index (κ3) is 2.66. The summed E-state index contributed by atoms with van der Waals surface area (Å²) in [5.41, 5.74) is 1.68. The third-order valence-corrected chi connectivity index (χ3v) is 3.33. The number of carbonyl (C=O) groups excluding carboxylic acids is 1. The maximum atomic E-state index is 12.1. The maximum Gasteiger partial charge on any atom is 0.227 e. The Labute approximate surface area is 100 Å². The van der Waals surface area contributed by atoms with Crippen LogP contribution in [0.1, 0.15) is 29.9 Å². The van der Waals surface area contributed by atoms with Gasteiger partial charge in [-0.05, 0) is 26.7 Å². The Morgan fingerprint density at radius 2 is 2.12 bits per heavy atom. The zero-order chi connectivity index (χ0) is 12.4. The second-order valence-corrected chi connectivity index (χ2v) is 4.59. The molecule has 1 amide bonds. The van der Waals surface area contributed by atoms with Crippen molar-refractivity contribution in [3.8, 4) is 0 Å². The number of aryl methyl sites for hydroxylation is 2. The molecule has 1 aromatic rings. The summed E-state index contributed by atoms with van der Waals surface area (Å²) >= 11 is 0. The van der Waals surface area contributed by atoms with E-state index in [2.05, 4.69) is 5.16 Å². The summed E-state index contributed by atoms with van der Waals surface area (Å²) in [6.45, 7) is 4.95. The van der Waals surface area contributed by atoms with E-state index in [0.717, 1.165) is 11.3 Å². The lowest BCUT2D eigenvalue weighted by atomic mass is 10.1. The molecule has 1 N–H and O–H groups in total. The summed E-state index contributed by atoms with van der Waals surface area (Å²) in [4.78, 5) is 13.9. The quantitative estimate of drug-likeness (QED) is 0.828. The molecule has 0 atom stereocenters. The molecular formula is C12H18N2O3. The molecule has 0 saturated carbocycles. The van der Waals surface area contributed by atoms with Gasteiger partial charge in [0, 0.05) is 18.7 Å². The molecule has 0 aromatic carbocycles. The molecule has 1 fully saturated rings. The summed E-state index contributed by atoms with van der Waals surface area (Å²) in [7, 11) is 0. The molecule has 94 valence electrons. The average Bonchev–Trinajstić information content (AvgIpc) is 2.61. The first-order valence-corrected chi connectivity index (χ1v) is 5.95. The molecule has 1 aliphatic rings. The molecule has 0 spiro atoms. The number of aliphatic hydroxyl groups excluding tert-OH is 1. The predicted octanol–water partition coefficient (Wildman–Crippen LogP) is 0.817. The van der Waals surface area contributed by atoms with Crippen LogP contribution in [0.15, 0.2) is 4.52 Å². The van der Waals surface area contributed by atoms with Gasteiger partial charge in [-0.3, -0.25) is 4.79 Å². The summed E-state index contributed by atoms with van der Waals surface area (Å²) in [6.07, 6.45) is 1.44. The zero-order valence-corrected chi connectivity index (χ0v) is 10.3. The van der Waals surface area contributed by atoms with Crippen LogP contribution in [0.5, 0.6) is 0 Å². The first-order chi connectivity index (χ1) is 8.08. The van der Waals surface area contributed by atoms with E-state index in [1.54, 1.807) is 4.90 Å². The predicted molar refractivity (Wildman–Crippen MR) is 61.5 cm³/mol. The van der Waals surface area contributed by atoms with Gasteiger partial charge in [-0.2, -0.15) is 0 Å². The molecule has 17 heavy (non-hydrogen) atoms. The molecule has 1 aliphatic heterocycles. The fraction of sp³-hybridized carbons (Fsp3) is 0.667.